The maximum atomic E-state index is 12.9. The van der Waals surface area contributed by atoms with Gasteiger partial charge in [-0.3, -0.25) is 0 Å². The fraction of sp³-hybridized carbons (Fsp3) is 0.600. The number of para-hydroxylation sites is 1. The number of halogens is 3. The highest BCUT2D eigenvalue weighted by molar-refractivity contribution is 7.92. The van der Waals surface area contributed by atoms with Crippen molar-refractivity contribution >= 4 is 15.5 Å². The van der Waals surface area contributed by atoms with Crippen LogP contribution in [0.15, 0.2) is 29.2 Å². The fourth-order valence-corrected chi connectivity index (χ4v) is 3.70. The second kappa shape index (κ2) is 6.89. The van der Waals surface area contributed by atoms with Crippen LogP contribution < -0.4 is 5.32 Å². The summed E-state index contributed by atoms with van der Waals surface area (Å²) < 4.78 is 67.4. The van der Waals surface area contributed by atoms with Crippen LogP contribution in [0.4, 0.5) is 18.9 Å². The zero-order valence-corrected chi connectivity index (χ0v) is 14.4. The summed E-state index contributed by atoms with van der Waals surface area (Å²) in [6.45, 7) is 1.44. The van der Waals surface area contributed by atoms with Gasteiger partial charge in [-0.25, -0.2) is 8.42 Å². The van der Waals surface area contributed by atoms with E-state index >= 15 is 0 Å². The predicted molar refractivity (Wildman–Crippen MR) is 84.6 cm³/mol. The molecule has 1 aliphatic rings. The summed E-state index contributed by atoms with van der Waals surface area (Å²) in [7, 11) is -1.61. The molecule has 1 aromatic carbocycles. The van der Waals surface area contributed by atoms with E-state index in [0.29, 0.717) is 32.6 Å². The van der Waals surface area contributed by atoms with Gasteiger partial charge in [0.05, 0.1) is 10.6 Å². The minimum Gasteiger partial charge on any atom is -0.382 e. The molecule has 0 unspecified atom stereocenters. The number of benzene rings is 1. The average molecular weight is 366 g/mol. The molecule has 0 amide bonds. The maximum absolute atomic E-state index is 12.9. The lowest BCUT2D eigenvalue weighted by Crippen LogP contribution is -2.53. The first-order valence-electron chi connectivity index (χ1n) is 7.50. The third-order valence-electron chi connectivity index (χ3n) is 4.46. The lowest BCUT2D eigenvalue weighted by Gasteiger charge is -2.43. The Morgan fingerprint density at radius 3 is 2.33 bits per heavy atom. The minimum absolute atomic E-state index is 0.0393. The van der Waals surface area contributed by atoms with Crippen LogP contribution in [0.1, 0.15) is 12.8 Å². The molecular formula is C15H21F3N2O3S. The Morgan fingerprint density at radius 1 is 1.21 bits per heavy atom. The van der Waals surface area contributed by atoms with Crippen molar-refractivity contribution in [1.82, 2.24) is 4.90 Å². The summed E-state index contributed by atoms with van der Waals surface area (Å²) >= 11 is 0. The molecule has 9 heteroatoms. The van der Waals surface area contributed by atoms with Crippen LogP contribution in [0.3, 0.4) is 0 Å². The van der Waals surface area contributed by atoms with Crippen molar-refractivity contribution in [1.29, 1.82) is 0 Å². The van der Waals surface area contributed by atoms with E-state index < -0.39 is 20.2 Å². The first-order chi connectivity index (χ1) is 11.1. The molecule has 0 spiro atoms. The van der Waals surface area contributed by atoms with E-state index in [-0.39, 0.29) is 11.2 Å². The van der Waals surface area contributed by atoms with E-state index in [1.54, 1.807) is 0 Å². The van der Waals surface area contributed by atoms with Crippen LogP contribution in [0.2, 0.25) is 0 Å². The van der Waals surface area contributed by atoms with E-state index in [2.05, 4.69) is 5.32 Å². The van der Waals surface area contributed by atoms with Crippen LogP contribution in [0.25, 0.3) is 0 Å². The van der Waals surface area contributed by atoms with Gasteiger partial charge in [-0.1, -0.05) is 12.1 Å². The van der Waals surface area contributed by atoms with E-state index in [1.807, 2.05) is 19.0 Å². The molecule has 5 nitrogen and oxygen atoms in total. The molecule has 1 aromatic rings. The van der Waals surface area contributed by atoms with Crippen LogP contribution >= 0.6 is 0 Å². The molecule has 0 saturated carbocycles. The summed E-state index contributed by atoms with van der Waals surface area (Å²) in [4.78, 5) is 1.25. The molecule has 0 bridgehead atoms. The maximum Gasteiger partial charge on any atom is 0.501 e. The molecule has 0 radical (unpaired) electrons. The van der Waals surface area contributed by atoms with Gasteiger partial charge in [0, 0.05) is 25.3 Å². The lowest BCUT2D eigenvalue weighted by molar-refractivity contribution is -0.0435. The second-order valence-electron chi connectivity index (χ2n) is 6.03. The minimum atomic E-state index is -5.40. The van der Waals surface area contributed by atoms with Crippen molar-refractivity contribution in [3.8, 4) is 0 Å². The summed E-state index contributed by atoms with van der Waals surface area (Å²) in [5, 5.41) is 2.91. The number of anilines is 1. The molecule has 0 atom stereocenters. The Hall–Kier alpha value is -1.32. The second-order valence-corrected chi connectivity index (χ2v) is 7.94. The van der Waals surface area contributed by atoms with Crippen LogP contribution in [-0.2, 0) is 14.6 Å². The molecule has 136 valence electrons. The number of sulfone groups is 1. The van der Waals surface area contributed by atoms with E-state index in [4.69, 9.17) is 4.74 Å². The van der Waals surface area contributed by atoms with Gasteiger partial charge < -0.3 is 15.0 Å². The van der Waals surface area contributed by atoms with Crippen LogP contribution in [-0.4, -0.2) is 58.2 Å². The highest BCUT2D eigenvalue weighted by Crippen LogP contribution is 2.35. The molecular weight excluding hydrogens is 345 g/mol. The van der Waals surface area contributed by atoms with Gasteiger partial charge in [0.2, 0.25) is 0 Å². The Balaban J connectivity index is 2.28. The van der Waals surface area contributed by atoms with Gasteiger partial charge in [0.25, 0.3) is 9.84 Å². The number of likely N-dealkylation sites (N-methyl/N-ethyl adjacent to an activating group) is 1. The van der Waals surface area contributed by atoms with Crippen molar-refractivity contribution in [3.05, 3.63) is 24.3 Å². The first-order valence-corrected chi connectivity index (χ1v) is 8.98. The van der Waals surface area contributed by atoms with Crippen molar-refractivity contribution in [2.45, 2.75) is 28.8 Å². The lowest BCUT2D eigenvalue weighted by atomic mass is 9.88. The van der Waals surface area contributed by atoms with Gasteiger partial charge >= 0.3 is 5.51 Å². The number of nitrogens with zero attached hydrogens (tertiary/aromatic N) is 1. The molecule has 0 aromatic heterocycles. The number of rotatable bonds is 5. The zero-order valence-electron chi connectivity index (χ0n) is 13.6. The number of hydrogen-bond acceptors (Lipinski definition) is 5. The molecule has 0 aliphatic carbocycles. The zero-order chi connectivity index (χ0) is 18.0. The highest BCUT2D eigenvalue weighted by Gasteiger charge is 2.48. The summed E-state index contributed by atoms with van der Waals surface area (Å²) in [6.07, 6.45) is 1.42. The third kappa shape index (κ3) is 3.68. The Kier molecular flexibility index (Phi) is 5.46. The van der Waals surface area contributed by atoms with E-state index in [0.717, 1.165) is 6.07 Å². The van der Waals surface area contributed by atoms with Crippen molar-refractivity contribution in [3.63, 3.8) is 0 Å². The quantitative estimate of drug-likeness (QED) is 0.868. The molecule has 2 rings (SSSR count). The van der Waals surface area contributed by atoms with E-state index in [1.165, 1.54) is 18.2 Å². The monoisotopic (exact) mass is 366 g/mol. The molecule has 1 fully saturated rings. The van der Waals surface area contributed by atoms with Crippen LogP contribution in [0, 0.1) is 0 Å². The van der Waals surface area contributed by atoms with Crippen molar-refractivity contribution < 1.29 is 26.3 Å². The van der Waals surface area contributed by atoms with Gasteiger partial charge in [-0.2, -0.15) is 13.2 Å². The predicted octanol–water partition coefficient (Wildman–Crippen LogP) is 2.50. The average Bonchev–Trinajstić information content (AvgIpc) is 2.53. The van der Waals surface area contributed by atoms with Gasteiger partial charge in [-0.15, -0.1) is 0 Å². The molecule has 1 heterocycles. The smallest absolute Gasteiger partial charge is 0.382 e. The standard InChI is InChI=1S/C15H21F3N2O3S/c1-20(2)14(7-9-23-10-8-14)11-19-12-5-3-4-6-13(12)24(21,22)15(16,17)18/h3-6,19H,7-11H2,1-2H3. The molecule has 24 heavy (non-hydrogen) atoms. The highest BCUT2D eigenvalue weighted by atomic mass is 32.2. The molecule has 1 saturated heterocycles. The van der Waals surface area contributed by atoms with Gasteiger partial charge in [0.15, 0.2) is 0 Å². The largest absolute Gasteiger partial charge is 0.501 e. The third-order valence-corrected chi connectivity index (χ3v) is 6.01. The summed E-state index contributed by atoms with van der Waals surface area (Å²) in [5.41, 5.74) is -5.67. The van der Waals surface area contributed by atoms with Crippen molar-refractivity contribution in [2.24, 2.45) is 0 Å². The summed E-state index contributed by atoms with van der Waals surface area (Å²) in [6, 6.07) is 5.10. The number of nitrogens with one attached hydrogen (secondary N) is 1. The Morgan fingerprint density at radius 2 is 1.79 bits per heavy atom. The normalized spacial score (nSPS) is 18.6. The Labute approximate surface area is 139 Å². The van der Waals surface area contributed by atoms with Crippen LogP contribution in [0.5, 0.6) is 0 Å². The SMILES string of the molecule is CN(C)C1(CNc2ccccc2S(=O)(=O)C(F)(F)F)CCOCC1. The van der Waals surface area contributed by atoms with E-state index in [9.17, 15) is 21.6 Å². The van der Waals surface area contributed by atoms with Crippen molar-refractivity contribution in [2.75, 3.05) is 39.2 Å². The summed E-state index contributed by atoms with van der Waals surface area (Å²) in [5.74, 6) is 0. The molecule has 1 aliphatic heterocycles. The van der Waals surface area contributed by atoms with Gasteiger partial charge in [0.1, 0.15) is 0 Å². The number of hydrogen-bond donors (Lipinski definition) is 1. The van der Waals surface area contributed by atoms with Gasteiger partial charge in [-0.05, 0) is 39.1 Å². The first kappa shape index (κ1) is 19.0. The number of ether oxygens (including phenoxy) is 1. The topological polar surface area (TPSA) is 58.6 Å². The Bertz CT molecular complexity index is 669. The molecule has 1 N–H and O–H groups in total. The fourth-order valence-electron chi connectivity index (χ4n) is 2.76. The number of alkyl halides is 3.